The highest BCUT2D eigenvalue weighted by molar-refractivity contribution is 9.10. The fourth-order valence-electron chi connectivity index (χ4n) is 4.86. The Morgan fingerprint density at radius 1 is 0.841 bits per heavy atom. The Kier molecular flexibility index (Phi) is 11.4. The van der Waals surface area contributed by atoms with Crippen LogP contribution in [0.3, 0.4) is 0 Å². The molecule has 0 bridgehead atoms. The Hall–Kier alpha value is -3.95. The van der Waals surface area contributed by atoms with Crippen LogP contribution in [0.4, 0.5) is 5.69 Å². The molecular formula is C35H38BrN3O4S. The Morgan fingerprint density at radius 3 is 2.11 bits per heavy atom. The van der Waals surface area contributed by atoms with E-state index in [4.69, 9.17) is 0 Å². The highest BCUT2D eigenvalue weighted by Gasteiger charge is 2.35. The Balaban J connectivity index is 1.80. The van der Waals surface area contributed by atoms with Crippen molar-refractivity contribution >= 4 is 43.5 Å². The molecule has 0 saturated heterocycles. The maximum atomic E-state index is 14.5. The smallest absolute Gasteiger partial charge is 0.264 e. The molecule has 0 spiro atoms. The van der Waals surface area contributed by atoms with Crippen molar-refractivity contribution < 1.29 is 18.0 Å². The topological polar surface area (TPSA) is 86.8 Å². The predicted octanol–water partition coefficient (Wildman–Crippen LogP) is 6.51. The molecule has 0 aliphatic heterocycles. The van der Waals surface area contributed by atoms with Gasteiger partial charge in [-0.2, -0.15) is 0 Å². The summed E-state index contributed by atoms with van der Waals surface area (Å²) in [5, 5.41) is 3.06. The number of rotatable bonds is 13. The van der Waals surface area contributed by atoms with Gasteiger partial charge in [0.2, 0.25) is 11.8 Å². The van der Waals surface area contributed by atoms with Gasteiger partial charge in [-0.25, -0.2) is 8.42 Å². The van der Waals surface area contributed by atoms with Gasteiger partial charge in [0.15, 0.2) is 0 Å². The van der Waals surface area contributed by atoms with Crippen molar-refractivity contribution in [3.63, 3.8) is 0 Å². The molecule has 0 fully saturated rings. The lowest BCUT2D eigenvalue weighted by atomic mass is 10.0. The number of anilines is 1. The summed E-state index contributed by atoms with van der Waals surface area (Å²) in [5.41, 5.74) is 2.91. The van der Waals surface area contributed by atoms with Crippen molar-refractivity contribution in [2.45, 2.75) is 57.1 Å². The molecular weight excluding hydrogens is 638 g/mol. The second-order valence-electron chi connectivity index (χ2n) is 10.8. The van der Waals surface area contributed by atoms with Gasteiger partial charge in [0.05, 0.1) is 10.6 Å². The van der Waals surface area contributed by atoms with E-state index in [1.807, 2.05) is 81.4 Å². The molecule has 4 aromatic carbocycles. The maximum Gasteiger partial charge on any atom is 0.264 e. The van der Waals surface area contributed by atoms with E-state index < -0.39 is 28.5 Å². The second-order valence-corrected chi connectivity index (χ2v) is 13.6. The molecule has 0 saturated carbocycles. The number of nitrogens with zero attached hydrogens (tertiary/aromatic N) is 2. The molecule has 9 heteroatoms. The van der Waals surface area contributed by atoms with E-state index in [1.54, 1.807) is 36.4 Å². The average molecular weight is 677 g/mol. The molecule has 2 amide bonds. The Morgan fingerprint density at radius 2 is 1.48 bits per heavy atom. The number of halogens is 1. The summed E-state index contributed by atoms with van der Waals surface area (Å²) >= 11 is 3.51. The number of sulfonamides is 1. The molecule has 0 radical (unpaired) electrons. The predicted molar refractivity (Wildman–Crippen MR) is 179 cm³/mol. The van der Waals surface area contributed by atoms with E-state index in [0.29, 0.717) is 5.69 Å². The molecule has 2 atom stereocenters. The number of hydrogen-bond acceptors (Lipinski definition) is 4. The number of nitrogens with one attached hydrogen (secondary N) is 1. The van der Waals surface area contributed by atoms with Gasteiger partial charge in [-0.1, -0.05) is 95.7 Å². The van der Waals surface area contributed by atoms with Crippen LogP contribution in [0.5, 0.6) is 0 Å². The van der Waals surface area contributed by atoms with Gasteiger partial charge in [-0.05, 0) is 73.4 Å². The summed E-state index contributed by atoms with van der Waals surface area (Å²) in [6.45, 7) is 5.39. The number of carbonyl (C=O) groups is 2. The molecule has 0 aliphatic carbocycles. The van der Waals surface area contributed by atoms with Crippen LogP contribution < -0.4 is 9.62 Å². The van der Waals surface area contributed by atoms with Crippen LogP contribution in [-0.2, 0) is 32.6 Å². The third kappa shape index (κ3) is 8.57. The molecule has 44 heavy (non-hydrogen) atoms. The van der Waals surface area contributed by atoms with Crippen LogP contribution in [0.1, 0.15) is 37.0 Å². The minimum Gasteiger partial charge on any atom is -0.352 e. The van der Waals surface area contributed by atoms with Crippen LogP contribution in [0.15, 0.2) is 119 Å². The van der Waals surface area contributed by atoms with Gasteiger partial charge < -0.3 is 10.2 Å². The first kappa shape index (κ1) is 33.0. The highest BCUT2D eigenvalue weighted by Crippen LogP contribution is 2.26. The molecule has 0 aliphatic rings. The lowest BCUT2D eigenvalue weighted by Gasteiger charge is -2.34. The quantitative estimate of drug-likeness (QED) is 0.175. The summed E-state index contributed by atoms with van der Waals surface area (Å²) in [4.78, 5) is 30.0. The van der Waals surface area contributed by atoms with Crippen molar-refractivity contribution in [3.8, 4) is 0 Å². The van der Waals surface area contributed by atoms with E-state index in [-0.39, 0.29) is 29.8 Å². The zero-order chi connectivity index (χ0) is 31.7. The first-order chi connectivity index (χ1) is 21.1. The van der Waals surface area contributed by atoms with Gasteiger partial charge in [0, 0.05) is 23.5 Å². The lowest BCUT2D eigenvalue weighted by Crippen LogP contribution is -2.54. The minimum absolute atomic E-state index is 0.0724. The summed E-state index contributed by atoms with van der Waals surface area (Å²) in [6.07, 6.45) is 0.985. The zero-order valence-corrected chi connectivity index (χ0v) is 27.6. The van der Waals surface area contributed by atoms with E-state index >= 15 is 0 Å². The highest BCUT2D eigenvalue weighted by atomic mass is 79.9. The number of carbonyl (C=O) groups excluding carboxylic acids is 2. The minimum atomic E-state index is -4.13. The van der Waals surface area contributed by atoms with E-state index in [9.17, 15) is 18.0 Å². The lowest BCUT2D eigenvalue weighted by molar-refractivity contribution is -0.140. The number of hydrogen-bond donors (Lipinski definition) is 1. The van der Waals surface area contributed by atoms with Gasteiger partial charge in [-0.3, -0.25) is 13.9 Å². The average Bonchev–Trinajstić information content (AvgIpc) is 3.02. The Bertz CT molecular complexity index is 1670. The number of amides is 2. The SMILES string of the molecule is CC[C@@H](C)NC(=O)[C@@H](Cc1ccccc1)N(Cc1cccc(Br)c1)C(=O)CN(c1cccc(C)c1)S(=O)(=O)c1ccccc1. The van der Waals surface area contributed by atoms with Crippen molar-refractivity contribution in [3.05, 3.63) is 130 Å². The van der Waals surface area contributed by atoms with Crippen LogP contribution in [-0.4, -0.2) is 43.8 Å². The van der Waals surface area contributed by atoms with E-state index in [1.165, 1.54) is 17.0 Å². The monoisotopic (exact) mass is 675 g/mol. The van der Waals surface area contributed by atoms with E-state index in [2.05, 4.69) is 21.2 Å². The zero-order valence-electron chi connectivity index (χ0n) is 25.2. The molecule has 0 aromatic heterocycles. The molecule has 4 rings (SSSR count). The molecule has 1 N–H and O–H groups in total. The number of aryl methyl sites for hydroxylation is 1. The van der Waals surface area contributed by atoms with Crippen LogP contribution in [0.2, 0.25) is 0 Å². The number of benzene rings is 4. The molecule has 230 valence electrons. The second kappa shape index (κ2) is 15.2. The summed E-state index contributed by atoms with van der Waals surface area (Å²) < 4.78 is 30.1. The first-order valence-electron chi connectivity index (χ1n) is 14.6. The summed E-state index contributed by atoms with van der Waals surface area (Å²) in [5.74, 6) is -0.786. The molecule has 7 nitrogen and oxygen atoms in total. The van der Waals surface area contributed by atoms with Crippen molar-refractivity contribution in [2.24, 2.45) is 0 Å². The fraction of sp³-hybridized carbons (Fsp3) is 0.257. The largest absolute Gasteiger partial charge is 0.352 e. The first-order valence-corrected chi connectivity index (χ1v) is 16.8. The third-order valence-electron chi connectivity index (χ3n) is 7.41. The van der Waals surface area contributed by atoms with Gasteiger partial charge in [-0.15, -0.1) is 0 Å². The van der Waals surface area contributed by atoms with E-state index in [0.717, 1.165) is 31.9 Å². The maximum absolute atomic E-state index is 14.5. The van der Waals surface area contributed by atoms with Crippen LogP contribution in [0, 0.1) is 6.92 Å². The third-order valence-corrected chi connectivity index (χ3v) is 9.70. The van der Waals surface area contributed by atoms with Gasteiger partial charge in [0.1, 0.15) is 12.6 Å². The summed E-state index contributed by atoms with van der Waals surface area (Å²) in [6, 6.07) is 31.2. The summed E-state index contributed by atoms with van der Waals surface area (Å²) in [7, 11) is -4.13. The van der Waals surface area contributed by atoms with Crippen molar-refractivity contribution in [2.75, 3.05) is 10.8 Å². The van der Waals surface area contributed by atoms with Crippen molar-refractivity contribution in [1.29, 1.82) is 0 Å². The molecule has 0 unspecified atom stereocenters. The fourth-order valence-corrected chi connectivity index (χ4v) is 6.73. The molecule has 0 heterocycles. The van der Waals surface area contributed by atoms with Crippen molar-refractivity contribution in [1.82, 2.24) is 10.2 Å². The van der Waals surface area contributed by atoms with Gasteiger partial charge >= 0.3 is 0 Å². The van der Waals surface area contributed by atoms with Crippen LogP contribution >= 0.6 is 15.9 Å². The van der Waals surface area contributed by atoms with Crippen LogP contribution in [0.25, 0.3) is 0 Å². The molecule has 4 aromatic rings. The normalized spacial score (nSPS) is 12.6. The van der Waals surface area contributed by atoms with Gasteiger partial charge in [0.25, 0.3) is 10.0 Å². The standard InChI is InChI=1S/C35H38BrN3O4S/c1-4-27(3)37-35(41)33(23-28-14-7-5-8-15-28)38(24-29-16-12-17-30(36)22-29)34(40)25-39(31-18-11-13-26(2)21-31)44(42,43)32-19-9-6-10-20-32/h5-22,27,33H,4,23-25H2,1-3H3,(H,37,41)/t27-,33-/m1/s1. The Labute approximate surface area is 269 Å².